The van der Waals surface area contributed by atoms with Crippen molar-refractivity contribution in [1.82, 2.24) is 4.57 Å². The van der Waals surface area contributed by atoms with Crippen molar-refractivity contribution in [1.29, 1.82) is 0 Å². The van der Waals surface area contributed by atoms with Crippen molar-refractivity contribution in [2.45, 2.75) is 77.2 Å². The molecule has 2 bridgehead atoms. The van der Waals surface area contributed by atoms with E-state index in [0.29, 0.717) is 29.6 Å². The van der Waals surface area contributed by atoms with E-state index in [1.807, 2.05) is 48.5 Å². The third-order valence-electron chi connectivity index (χ3n) is 11.0. The second-order valence-corrected chi connectivity index (χ2v) is 14.3. The zero-order valence-electron chi connectivity index (χ0n) is 28.9. The Labute approximate surface area is 295 Å². The highest BCUT2D eigenvalue weighted by molar-refractivity contribution is 6.10. The lowest BCUT2D eigenvalue weighted by atomic mass is 9.94. The lowest BCUT2D eigenvalue weighted by Crippen LogP contribution is -2.21. The molecule has 50 heavy (non-hydrogen) atoms. The van der Waals surface area contributed by atoms with Gasteiger partial charge in [-0.2, -0.15) is 0 Å². The van der Waals surface area contributed by atoms with E-state index in [-0.39, 0.29) is 11.9 Å². The van der Waals surface area contributed by atoms with E-state index >= 15 is 0 Å². The fourth-order valence-corrected chi connectivity index (χ4v) is 8.15. The molecule has 2 aliphatic rings. The van der Waals surface area contributed by atoms with Crippen molar-refractivity contribution < 1.29 is 19.1 Å². The maximum absolute atomic E-state index is 12.4. The van der Waals surface area contributed by atoms with Gasteiger partial charge in [0, 0.05) is 39.5 Å². The third-order valence-corrected chi connectivity index (χ3v) is 11.0. The number of rotatable bonds is 17. The van der Waals surface area contributed by atoms with Crippen molar-refractivity contribution in [3.05, 3.63) is 108 Å². The molecule has 256 valence electrons. The monoisotopic (exact) mass is 665 g/mol. The summed E-state index contributed by atoms with van der Waals surface area (Å²) in [7, 11) is 0. The summed E-state index contributed by atoms with van der Waals surface area (Å²) < 4.78 is 8.08. The zero-order valence-corrected chi connectivity index (χ0v) is 28.9. The maximum Gasteiger partial charge on any atom is 0.309 e. The van der Waals surface area contributed by atoms with Gasteiger partial charge in [0.15, 0.2) is 0 Å². The van der Waals surface area contributed by atoms with Crippen LogP contribution < -0.4 is 0 Å². The predicted molar refractivity (Wildman–Crippen MR) is 202 cm³/mol. The number of aromatic nitrogens is 1. The molecule has 7 rings (SSSR count). The number of benzene rings is 4. The first-order valence-electron chi connectivity index (χ1n) is 18.6. The number of allylic oxidation sites excluding steroid dienone is 2. The Balaban J connectivity index is 0.925. The molecule has 1 aromatic heterocycles. The maximum atomic E-state index is 12.4. The van der Waals surface area contributed by atoms with Gasteiger partial charge in [-0.3, -0.25) is 14.4 Å². The lowest BCUT2D eigenvalue weighted by molar-refractivity contribution is -0.149. The Morgan fingerprint density at radius 1 is 0.600 bits per heavy atom. The molecular formula is C45H47NO4. The molecule has 0 radical (unpaired) electrons. The van der Waals surface area contributed by atoms with E-state index in [2.05, 4.69) is 53.1 Å². The quantitative estimate of drug-likeness (QED) is 0.0429. The molecule has 5 aromatic rings. The van der Waals surface area contributed by atoms with Crippen molar-refractivity contribution in [2.75, 3.05) is 6.61 Å². The van der Waals surface area contributed by atoms with Gasteiger partial charge in [-0.15, -0.1) is 0 Å². The molecule has 5 heteroatoms. The molecule has 1 saturated carbocycles. The minimum atomic E-state index is 0.0294. The van der Waals surface area contributed by atoms with E-state index in [1.165, 1.54) is 60.3 Å². The van der Waals surface area contributed by atoms with Gasteiger partial charge in [0.1, 0.15) is 12.6 Å². The zero-order chi connectivity index (χ0) is 34.3. The molecule has 1 fully saturated rings. The highest BCUT2D eigenvalue weighted by Crippen LogP contribution is 2.44. The number of unbranched alkanes of at least 4 members (excludes halogenated alkanes) is 8. The molecular weight excluding hydrogens is 618 g/mol. The molecule has 2 aliphatic carbocycles. The summed E-state index contributed by atoms with van der Waals surface area (Å²) in [5, 5.41) is 2.45. The molecule has 0 aliphatic heterocycles. The minimum absolute atomic E-state index is 0.0294. The van der Waals surface area contributed by atoms with Crippen LogP contribution in [0.1, 0.15) is 91.3 Å². The summed E-state index contributed by atoms with van der Waals surface area (Å²) >= 11 is 0. The number of nitrogens with zero attached hydrogens (tertiary/aromatic N) is 1. The van der Waals surface area contributed by atoms with Crippen molar-refractivity contribution in [2.24, 2.45) is 17.8 Å². The first-order valence-corrected chi connectivity index (χ1v) is 18.6. The van der Waals surface area contributed by atoms with Crippen LogP contribution >= 0.6 is 0 Å². The number of aryl methyl sites for hydroxylation is 1. The second kappa shape index (κ2) is 15.8. The first kappa shape index (κ1) is 33.7. The van der Waals surface area contributed by atoms with Crippen LogP contribution in [0, 0.1) is 17.8 Å². The average molecular weight is 666 g/mol. The van der Waals surface area contributed by atoms with Gasteiger partial charge in [0.2, 0.25) is 0 Å². The molecule has 1 heterocycles. The molecule has 3 unspecified atom stereocenters. The lowest BCUT2D eigenvalue weighted by Gasteiger charge is -2.16. The summed E-state index contributed by atoms with van der Waals surface area (Å²) in [4.78, 5) is 34.8. The molecule has 5 nitrogen and oxygen atoms in total. The Bertz CT molecular complexity index is 1880. The van der Waals surface area contributed by atoms with Gasteiger partial charge in [0.05, 0.1) is 12.5 Å². The number of carbonyl (C=O) groups is 3. The normalized spacial score (nSPS) is 17.9. The summed E-state index contributed by atoms with van der Waals surface area (Å²) in [5.41, 5.74) is 8.26. The number of esters is 1. The number of fused-ring (bicyclic) bond motifs is 5. The van der Waals surface area contributed by atoms with E-state index in [9.17, 15) is 14.4 Å². The molecule has 0 saturated heterocycles. The van der Waals surface area contributed by atoms with E-state index in [4.69, 9.17) is 4.74 Å². The van der Waals surface area contributed by atoms with Crippen molar-refractivity contribution in [3.8, 4) is 22.3 Å². The Kier molecular flexibility index (Phi) is 10.7. The number of ether oxygens (including phenoxy) is 1. The Hall–Kier alpha value is -4.77. The molecule has 4 aromatic carbocycles. The third kappa shape index (κ3) is 7.52. The van der Waals surface area contributed by atoms with Gasteiger partial charge < -0.3 is 9.30 Å². The van der Waals surface area contributed by atoms with E-state index < -0.39 is 0 Å². The molecule has 0 amide bonds. The minimum Gasteiger partial charge on any atom is -0.465 e. The topological polar surface area (TPSA) is 65.4 Å². The van der Waals surface area contributed by atoms with E-state index in [1.54, 1.807) is 0 Å². The fourth-order valence-electron chi connectivity index (χ4n) is 8.15. The highest BCUT2D eigenvalue weighted by Gasteiger charge is 2.40. The van der Waals surface area contributed by atoms with E-state index in [0.717, 1.165) is 73.5 Å². The smallest absolute Gasteiger partial charge is 0.309 e. The number of hydrogen-bond acceptors (Lipinski definition) is 4. The van der Waals surface area contributed by atoms with Gasteiger partial charge in [-0.1, -0.05) is 118 Å². The van der Waals surface area contributed by atoms with Crippen molar-refractivity contribution >= 4 is 40.3 Å². The average Bonchev–Trinajstić information content (AvgIpc) is 3.89. The Morgan fingerprint density at radius 2 is 1.10 bits per heavy atom. The van der Waals surface area contributed by atoms with Crippen LogP contribution in [0.15, 0.2) is 97.1 Å². The largest absolute Gasteiger partial charge is 0.465 e. The van der Waals surface area contributed by atoms with Gasteiger partial charge in [-0.05, 0) is 84.0 Å². The molecule has 3 atom stereocenters. The highest BCUT2D eigenvalue weighted by atomic mass is 16.5. The van der Waals surface area contributed by atoms with Crippen LogP contribution in [-0.4, -0.2) is 29.7 Å². The summed E-state index contributed by atoms with van der Waals surface area (Å²) in [6, 6.07) is 29.0. The van der Waals surface area contributed by atoms with Crippen LogP contribution in [0.2, 0.25) is 0 Å². The number of hydrogen-bond donors (Lipinski definition) is 0. The first-order chi connectivity index (χ1) is 24.6. The summed E-state index contributed by atoms with van der Waals surface area (Å²) in [5.74, 6) is 1.17. The van der Waals surface area contributed by atoms with Crippen LogP contribution in [0.5, 0.6) is 0 Å². The van der Waals surface area contributed by atoms with Crippen LogP contribution in [0.4, 0.5) is 0 Å². The van der Waals surface area contributed by atoms with Crippen LogP contribution in [-0.2, 0) is 16.1 Å². The molecule has 0 spiro atoms. The summed E-state index contributed by atoms with van der Waals surface area (Å²) in [6.07, 6.45) is 19.1. The second-order valence-electron chi connectivity index (χ2n) is 14.3. The number of carbonyl (C=O) groups excluding carboxylic acids is 3. The SMILES string of the molecule is O=Cc1ccc(-c2ccc3c(c2)c2cc(-c4ccc(C=O)cc4)ccc2n3CCCCCCCCCCCOC(=O)C2CC3C=CC2C3)cc1. The van der Waals surface area contributed by atoms with Crippen LogP contribution in [0.3, 0.4) is 0 Å². The summed E-state index contributed by atoms with van der Waals surface area (Å²) in [6.45, 7) is 1.54. The number of aldehydes is 2. The van der Waals surface area contributed by atoms with Gasteiger partial charge >= 0.3 is 5.97 Å². The fraction of sp³-hybridized carbons (Fsp3) is 0.356. The van der Waals surface area contributed by atoms with Gasteiger partial charge in [0.25, 0.3) is 0 Å². The predicted octanol–water partition coefficient (Wildman–Crippen LogP) is 11.0. The standard InChI is InChI=1S/C45H47NO4/c47-30-32-10-15-35(16-11-32)37-20-22-43-41(28-37)42-29-38(36-17-12-33(31-48)13-18-36)21-23-44(42)46(43)24-8-6-4-2-1-3-5-7-9-25-50-45(49)40-27-34-14-19-39(40)26-34/h10-23,28-31,34,39-40H,1-9,24-27H2. The van der Waals surface area contributed by atoms with Crippen molar-refractivity contribution in [3.63, 3.8) is 0 Å². The van der Waals surface area contributed by atoms with Crippen LogP contribution in [0.25, 0.3) is 44.1 Å². The molecule has 0 N–H and O–H groups in total. The van der Waals surface area contributed by atoms with Gasteiger partial charge in [-0.25, -0.2) is 0 Å². The Morgan fingerprint density at radius 3 is 1.58 bits per heavy atom.